The van der Waals surface area contributed by atoms with Gasteiger partial charge in [-0.3, -0.25) is 9.59 Å². The lowest BCUT2D eigenvalue weighted by molar-refractivity contribution is -0.137. The van der Waals surface area contributed by atoms with E-state index in [-0.39, 0.29) is 36.7 Å². The summed E-state index contributed by atoms with van der Waals surface area (Å²) in [7, 11) is 0. The average Bonchev–Trinajstić information content (AvgIpc) is 3.24. The lowest BCUT2D eigenvalue weighted by atomic mass is 10.1. The van der Waals surface area contributed by atoms with Gasteiger partial charge in [0.15, 0.2) is 11.6 Å². The third kappa shape index (κ3) is 6.27. The molecule has 3 rings (SSSR count). The number of hydrogen-bond acceptors (Lipinski definition) is 5. The van der Waals surface area contributed by atoms with Crippen LogP contribution in [0.1, 0.15) is 31.4 Å². The quantitative estimate of drug-likeness (QED) is 0.387. The van der Waals surface area contributed by atoms with Gasteiger partial charge in [0.2, 0.25) is 0 Å². The summed E-state index contributed by atoms with van der Waals surface area (Å²) in [5.74, 6) is -1.61. The largest absolute Gasteiger partial charge is 0.483 e. The van der Waals surface area contributed by atoms with Crippen molar-refractivity contribution in [2.24, 2.45) is 0 Å². The molecule has 11 heteroatoms. The second-order valence-corrected chi connectivity index (χ2v) is 7.38. The molecule has 2 aromatic carbocycles. The highest BCUT2D eigenvalue weighted by Gasteiger charge is 2.30. The number of halogens is 4. The first kappa shape index (κ1) is 23.2. The molecule has 3 aromatic rings. The van der Waals surface area contributed by atoms with Gasteiger partial charge in [-0.15, -0.1) is 11.3 Å². The maximum absolute atomic E-state index is 13.5. The first-order valence-electron chi connectivity index (χ1n) is 9.29. The zero-order valence-corrected chi connectivity index (χ0v) is 17.2. The Bertz CT molecular complexity index is 1100. The van der Waals surface area contributed by atoms with E-state index in [1.54, 1.807) is 6.07 Å². The number of benzene rings is 2. The van der Waals surface area contributed by atoms with Crippen molar-refractivity contribution in [1.82, 2.24) is 15.6 Å². The van der Waals surface area contributed by atoms with Crippen LogP contribution in [0, 0.1) is 5.82 Å². The smallest absolute Gasteiger partial charge is 0.416 e. The van der Waals surface area contributed by atoms with Crippen molar-refractivity contribution in [3.05, 3.63) is 81.6 Å². The zero-order chi connectivity index (χ0) is 23.1. The molecule has 0 fully saturated rings. The van der Waals surface area contributed by atoms with Gasteiger partial charge in [-0.05, 0) is 30.3 Å². The molecule has 0 bridgehead atoms. The van der Waals surface area contributed by atoms with E-state index in [4.69, 9.17) is 4.74 Å². The Morgan fingerprint density at radius 3 is 2.44 bits per heavy atom. The van der Waals surface area contributed by atoms with Crippen LogP contribution in [-0.4, -0.2) is 29.9 Å². The highest BCUT2D eigenvalue weighted by molar-refractivity contribution is 7.09. The van der Waals surface area contributed by atoms with Crippen LogP contribution in [0.15, 0.2) is 53.9 Å². The number of carbonyl (C=O) groups excluding carboxylic acids is 2. The van der Waals surface area contributed by atoms with Crippen molar-refractivity contribution in [1.29, 1.82) is 0 Å². The molecule has 0 aliphatic rings. The van der Waals surface area contributed by atoms with Gasteiger partial charge < -0.3 is 15.4 Å². The fraction of sp³-hybridized carbons (Fsp3) is 0.190. The Morgan fingerprint density at radius 1 is 1.00 bits per heavy atom. The summed E-state index contributed by atoms with van der Waals surface area (Å²) < 4.78 is 57.1. The van der Waals surface area contributed by atoms with Gasteiger partial charge in [0, 0.05) is 24.0 Å². The topological polar surface area (TPSA) is 80.3 Å². The number of amides is 2. The molecule has 0 saturated carbocycles. The molecule has 0 spiro atoms. The van der Waals surface area contributed by atoms with Crippen LogP contribution < -0.4 is 15.4 Å². The van der Waals surface area contributed by atoms with Gasteiger partial charge in [0.25, 0.3) is 11.8 Å². The maximum Gasteiger partial charge on any atom is 0.416 e. The third-order valence-corrected chi connectivity index (χ3v) is 4.94. The number of aromatic nitrogens is 1. The number of rotatable bonds is 8. The van der Waals surface area contributed by atoms with E-state index < -0.39 is 29.4 Å². The van der Waals surface area contributed by atoms with Gasteiger partial charge in [-0.1, -0.05) is 18.2 Å². The number of alkyl halides is 3. The minimum atomic E-state index is -4.54. The minimum absolute atomic E-state index is 0.00801. The van der Waals surface area contributed by atoms with Crippen LogP contribution in [0.4, 0.5) is 17.6 Å². The van der Waals surface area contributed by atoms with Crippen LogP contribution in [0.2, 0.25) is 0 Å². The van der Waals surface area contributed by atoms with Crippen LogP contribution >= 0.6 is 11.3 Å². The maximum atomic E-state index is 13.5. The van der Waals surface area contributed by atoms with Crippen molar-refractivity contribution < 1.29 is 31.9 Å². The Labute approximate surface area is 184 Å². The summed E-state index contributed by atoms with van der Waals surface area (Å²) in [5, 5.41) is 6.97. The Kier molecular flexibility index (Phi) is 7.41. The van der Waals surface area contributed by atoms with Crippen LogP contribution in [0.25, 0.3) is 0 Å². The molecule has 0 saturated heterocycles. The summed E-state index contributed by atoms with van der Waals surface area (Å²) in [6, 6.07) is 9.96. The monoisotopic (exact) mass is 467 g/mol. The van der Waals surface area contributed by atoms with Gasteiger partial charge in [-0.2, -0.15) is 13.2 Å². The van der Waals surface area contributed by atoms with E-state index in [1.165, 1.54) is 41.0 Å². The van der Waals surface area contributed by atoms with Gasteiger partial charge in [0.1, 0.15) is 17.3 Å². The predicted molar refractivity (Wildman–Crippen MR) is 109 cm³/mol. The fourth-order valence-electron chi connectivity index (χ4n) is 2.56. The second-order valence-electron chi connectivity index (χ2n) is 6.44. The van der Waals surface area contributed by atoms with Crippen molar-refractivity contribution >= 4 is 23.2 Å². The molecule has 6 nitrogen and oxygen atoms in total. The Balaban J connectivity index is 1.43. The Hall–Kier alpha value is -3.47. The molecule has 2 amide bonds. The molecule has 0 unspecified atom stereocenters. The van der Waals surface area contributed by atoms with Crippen molar-refractivity contribution in [2.75, 3.05) is 13.1 Å². The lowest BCUT2D eigenvalue weighted by Gasteiger charge is -2.09. The number of carbonyl (C=O) groups is 2. The molecule has 32 heavy (non-hydrogen) atoms. The van der Waals surface area contributed by atoms with E-state index in [0.717, 1.165) is 18.2 Å². The standard InChI is InChI=1S/C21H17F4N3O3S/c22-15-6-1-2-7-17(15)31-11-18-28-16(12-32-18)20(30)27-9-8-26-19(29)13-4-3-5-14(10-13)21(23,24)25/h1-7,10,12H,8-9,11H2,(H,26,29)(H,27,30). The highest BCUT2D eigenvalue weighted by atomic mass is 32.1. The molecule has 0 atom stereocenters. The SMILES string of the molecule is O=C(NCCNC(=O)c1csc(COc2ccccc2F)n1)c1cccc(C(F)(F)F)c1. The summed E-state index contributed by atoms with van der Waals surface area (Å²) in [6.07, 6.45) is -4.54. The molecule has 2 N–H and O–H groups in total. The molecule has 0 radical (unpaired) electrons. The van der Waals surface area contributed by atoms with E-state index in [1.807, 2.05) is 0 Å². The van der Waals surface area contributed by atoms with Gasteiger partial charge in [0.05, 0.1) is 5.56 Å². The van der Waals surface area contributed by atoms with Crippen molar-refractivity contribution in [2.45, 2.75) is 12.8 Å². The Morgan fingerprint density at radius 2 is 1.72 bits per heavy atom. The first-order chi connectivity index (χ1) is 15.2. The van der Waals surface area contributed by atoms with E-state index in [0.29, 0.717) is 5.01 Å². The summed E-state index contributed by atoms with van der Waals surface area (Å²) >= 11 is 1.17. The first-order valence-corrected chi connectivity index (χ1v) is 10.2. The molecular weight excluding hydrogens is 450 g/mol. The second kappa shape index (κ2) is 10.2. The number of nitrogens with one attached hydrogen (secondary N) is 2. The summed E-state index contributed by atoms with van der Waals surface area (Å²) in [6.45, 7) is 0.0439. The van der Waals surface area contributed by atoms with E-state index >= 15 is 0 Å². The number of thiazole rings is 1. The molecule has 0 aliphatic heterocycles. The molecule has 1 aromatic heterocycles. The van der Waals surface area contributed by atoms with E-state index in [9.17, 15) is 27.2 Å². The normalized spacial score (nSPS) is 11.1. The zero-order valence-electron chi connectivity index (χ0n) is 16.4. The molecule has 0 aliphatic carbocycles. The number of para-hydroxylation sites is 1. The molecule has 1 heterocycles. The van der Waals surface area contributed by atoms with Gasteiger partial charge in [-0.25, -0.2) is 9.37 Å². The molecule has 168 valence electrons. The van der Waals surface area contributed by atoms with Crippen molar-refractivity contribution in [3.8, 4) is 5.75 Å². The van der Waals surface area contributed by atoms with Crippen LogP contribution in [-0.2, 0) is 12.8 Å². The molecular formula is C21H17F4N3O3S. The van der Waals surface area contributed by atoms with Crippen LogP contribution in [0.3, 0.4) is 0 Å². The summed E-state index contributed by atoms with van der Waals surface area (Å²) in [4.78, 5) is 28.3. The number of nitrogens with zero attached hydrogens (tertiary/aromatic N) is 1. The van der Waals surface area contributed by atoms with Crippen LogP contribution in [0.5, 0.6) is 5.75 Å². The van der Waals surface area contributed by atoms with Gasteiger partial charge >= 0.3 is 6.18 Å². The lowest BCUT2D eigenvalue weighted by Crippen LogP contribution is -2.34. The third-order valence-electron chi connectivity index (χ3n) is 4.12. The minimum Gasteiger partial charge on any atom is -0.483 e. The highest BCUT2D eigenvalue weighted by Crippen LogP contribution is 2.29. The fourth-order valence-corrected chi connectivity index (χ4v) is 3.25. The van der Waals surface area contributed by atoms with Crippen molar-refractivity contribution in [3.63, 3.8) is 0 Å². The summed E-state index contributed by atoms with van der Waals surface area (Å²) in [5.41, 5.74) is -0.923. The van der Waals surface area contributed by atoms with E-state index in [2.05, 4.69) is 15.6 Å². The number of ether oxygens (including phenoxy) is 1. The number of hydrogen-bond donors (Lipinski definition) is 2. The predicted octanol–water partition coefficient (Wildman–Crippen LogP) is 4.04. The average molecular weight is 467 g/mol.